The van der Waals surface area contributed by atoms with Crippen molar-refractivity contribution in [2.75, 3.05) is 23.7 Å². The fourth-order valence-electron chi connectivity index (χ4n) is 3.75. The van der Waals surface area contributed by atoms with Crippen LogP contribution in [0.2, 0.25) is 5.02 Å². The monoisotopic (exact) mass is 383 g/mol. The SMILES string of the molecule is CC1CC1C(=O)Nc1ccc(CNc2c(Cl)ccc3c2CCNCC3)cc1. The van der Waals surface area contributed by atoms with Crippen LogP contribution in [0.15, 0.2) is 36.4 Å². The Labute approximate surface area is 165 Å². The lowest BCUT2D eigenvalue weighted by atomic mass is 10.0. The van der Waals surface area contributed by atoms with Crippen molar-refractivity contribution in [3.8, 4) is 0 Å². The average Bonchev–Trinajstić information content (AvgIpc) is 3.44. The van der Waals surface area contributed by atoms with Crippen molar-refractivity contribution in [2.45, 2.75) is 32.7 Å². The highest BCUT2D eigenvalue weighted by atomic mass is 35.5. The highest BCUT2D eigenvalue weighted by Gasteiger charge is 2.39. The fraction of sp³-hybridized carbons (Fsp3) is 0.409. The van der Waals surface area contributed by atoms with E-state index in [1.165, 1.54) is 11.1 Å². The normalized spacial score (nSPS) is 21.1. The number of benzene rings is 2. The molecule has 1 heterocycles. The molecule has 0 radical (unpaired) electrons. The molecular weight excluding hydrogens is 358 g/mol. The lowest BCUT2D eigenvalue weighted by Gasteiger charge is -2.16. The number of halogens is 1. The van der Waals surface area contributed by atoms with Gasteiger partial charge < -0.3 is 16.0 Å². The zero-order chi connectivity index (χ0) is 18.8. The Bertz CT molecular complexity index is 834. The van der Waals surface area contributed by atoms with E-state index in [2.05, 4.69) is 41.1 Å². The van der Waals surface area contributed by atoms with Gasteiger partial charge in [-0.3, -0.25) is 4.79 Å². The quantitative estimate of drug-likeness (QED) is 0.724. The van der Waals surface area contributed by atoms with Gasteiger partial charge in [-0.1, -0.05) is 36.7 Å². The van der Waals surface area contributed by atoms with Crippen molar-refractivity contribution >= 4 is 28.9 Å². The van der Waals surface area contributed by atoms with Crippen molar-refractivity contribution in [1.29, 1.82) is 0 Å². The second kappa shape index (κ2) is 7.91. The smallest absolute Gasteiger partial charge is 0.227 e. The van der Waals surface area contributed by atoms with Gasteiger partial charge in [-0.2, -0.15) is 0 Å². The van der Waals surface area contributed by atoms with Crippen LogP contribution >= 0.6 is 11.6 Å². The molecule has 2 atom stereocenters. The number of fused-ring (bicyclic) bond motifs is 1. The molecule has 3 N–H and O–H groups in total. The topological polar surface area (TPSA) is 53.2 Å². The molecule has 4 nitrogen and oxygen atoms in total. The van der Waals surface area contributed by atoms with E-state index in [1.54, 1.807) is 0 Å². The first-order chi connectivity index (χ1) is 13.1. The summed E-state index contributed by atoms with van der Waals surface area (Å²) in [4.78, 5) is 12.0. The zero-order valence-electron chi connectivity index (χ0n) is 15.6. The number of anilines is 2. The minimum atomic E-state index is 0.140. The third-order valence-electron chi connectivity index (χ3n) is 5.62. The van der Waals surface area contributed by atoms with Crippen LogP contribution in [0.3, 0.4) is 0 Å². The molecule has 0 saturated heterocycles. The van der Waals surface area contributed by atoms with Gasteiger partial charge in [0, 0.05) is 18.2 Å². The number of carbonyl (C=O) groups excluding carboxylic acids is 1. The Balaban J connectivity index is 1.41. The molecule has 1 amide bonds. The van der Waals surface area contributed by atoms with Gasteiger partial charge >= 0.3 is 0 Å². The van der Waals surface area contributed by atoms with Crippen molar-refractivity contribution in [3.63, 3.8) is 0 Å². The second-order valence-electron chi connectivity index (χ2n) is 7.67. The highest BCUT2D eigenvalue weighted by Crippen LogP contribution is 2.38. The molecular formula is C22H26ClN3O. The summed E-state index contributed by atoms with van der Waals surface area (Å²) in [7, 11) is 0. The number of rotatable bonds is 5. The van der Waals surface area contributed by atoms with Gasteiger partial charge in [0.2, 0.25) is 5.91 Å². The van der Waals surface area contributed by atoms with Gasteiger partial charge in [0.25, 0.3) is 0 Å². The van der Waals surface area contributed by atoms with Crippen molar-refractivity contribution in [2.24, 2.45) is 11.8 Å². The highest BCUT2D eigenvalue weighted by molar-refractivity contribution is 6.33. The molecule has 2 aromatic rings. The van der Waals surface area contributed by atoms with E-state index >= 15 is 0 Å². The zero-order valence-corrected chi connectivity index (χ0v) is 16.4. The van der Waals surface area contributed by atoms with Gasteiger partial charge in [-0.15, -0.1) is 0 Å². The van der Waals surface area contributed by atoms with Crippen LogP contribution < -0.4 is 16.0 Å². The molecule has 1 aliphatic carbocycles. The molecule has 1 saturated carbocycles. The van der Waals surface area contributed by atoms with Crippen LogP contribution in [-0.2, 0) is 24.2 Å². The molecule has 0 aromatic heterocycles. The predicted octanol–water partition coefficient (Wildman–Crippen LogP) is 4.23. The Kier molecular flexibility index (Phi) is 5.37. The summed E-state index contributed by atoms with van der Waals surface area (Å²) < 4.78 is 0. The van der Waals surface area contributed by atoms with E-state index in [1.807, 2.05) is 18.2 Å². The van der Waals surface area contributed by atoms with E-state index in [9.17, 15) is 4.79 Å². The molecule has 142 valence electrons. The van der Waals surface area contributed by atoms with Crippen LogP contribution in [0, 0.1) is 11.8 Å². The van der Waals surface area contributed by atoms with Crippen LogP contribution in [0.1, 0.15) is 30.0 Å². The fourth-order valence-corrected chi connectivity index (χ4v) is 4.00. The summed E-state index contributed by atoms with van der Waals surface area (Å²) in [6, 6.07) is 12.2. The van der Waals surface area contributed by atoms with Gasteiger partial charge in [-0.05, 0) is 73.2 Å². The van der Waals surface area contributed by atoms with Crippen LogP contribution in [0.5, 0.6) is 0 Å². The maximum absolute atomic E-state index is 12.0. The number of carbonyl (C=O) groups is 1. The van der Waals surface area contributed by atoms with Crippen LogP contribution in [0.4, 0.5) is 11.4 Å². The molecule has 1 fully saturated rings. The van der Waals surface area contributed by atoms with Gasteiger partial charge in [0.15, 0.2) is 0 Å². The van der Waals surface area contributed by atoms with Crippen LogP contribution in [-0.4, -0.2) is 19.0 Å². The lowest BCUT2D eigenvalue weighted by Crippen LogP contribution is -2.16. The summed E-state index contributed by atoms with van der Waals surface area (Å²) >= 11 is 6.48. The molecule has 2 unspecified atom stereocenters. The Morgan fingerprint density at radius 3 is 2.63 bits per heavy atom. The molecule has 0 spiro atoms. The Morgan fingerprint density at radius 1 is 1.15 bits per heavy atom. The third kappa shape index (κ3) is 4.28. The number of amides is 1. The van der Waals surface area contributed by atoms with Crippen molar-refractivity contribution in [3.05, 3.63) is 58.1 Å². The Morgan fingerprint density at radius 2 is 1.89 bits per heavy atom. The van der Waals surface area contributed by atoms with Gasteiger partial charge in [0.1, 0.15) is 0 Å². The predicted molar refractivity (Wildman–Crippen MR) is 111 cm³/mol. The van der Waals surface area contributed by atoms with Crippen LogP contribution in [0.25, 0.3) is 0 Å². The number of hydrogen-bond acceptors (Lipinski definition) is 3. The molecule has 5 heteroatoms. The van der Waals surface area contributed by atoms with E-state index in [-0.39, 0.29) is 11.8 Å². The maximum atomic E-state index is 12.0. The van der Waals surface area contributed by atoms with E-state index in [4.69, 9.17) is 11.6 Å². The minimum absolute atomic E-state index is 0.140. The average molecular weight is 384 g/mol. The molecule has 0 bridgehead atoms. The standard InChI is InChI=1S/C22H26ClN3O/c1-14-12-19(14)22(27)26-17-5-2-15(3-6-17)13-25-21-18-9-11-24-10-8-16(18)4-7-20(21)23/h2-7,14,19,24-25H,8-13H2,1H3,(H,26,27). The van der Waals surface area contributed by atoms with E-state index in [0.717, 1.165) is 54.3 Å². The largest absolute Gasteiger partial charge is 0.380 e. The summed E-state index contributed by atoms with van der Waals surface area (Å²) in [6.45, 7) is 4.82. The summed E-state index contributed by atoms with van der Waals surface area (Å²) in [5.74, 6) is 0.853. The molecule has 1 aliphatic heterocycles. The minimum Gasteiger partial charge on any atom is -0.380 e. The van der Waals surface area contributed by atoms with Crippen molar-refractivity contribution < 1.29 is 4.79 Å². The van der Waals surface area contributed by atoms with Gasteiger partial charge in [0.05, 0.1) is 10.7 Å². The lowest BCUT2D eigenvalue weighted by molar-refractivity contribution is -0.117. The molecule has 2 aliphatic rings. The summed E-state index contributed by atoms with van der Waals surface area (Å²) in [5, 5.41) is 10.8. The first-order valence-electron chi connectivity index (χ1n) is 9.76. The summed E-state index contributed by atoms with van der Waals surface area (Å²) in [6.07, 6.45) is 3.03. The summed E-state index contributed by atoms with van der Waals surface area (Å²) in [5.41, 5.74) is 5.78. The molecule has 27 heavy (non-hydrogen) atoms. The second-order valence-corrected chi connectivity index (χ2v) is 8.08. The number of nitrogens with one attached hydrogen (secondary N) is 3. The van der Waals surface area contributed by atoms with E-state index < -0.39 is 0 Å². The number of hydrogen-bond donors (Lipinski definition) is 3. The molecule has 2 aromatic carbocycles. The van der Waals surface area contributed by atoms with E-state index in [0.29, 0.717) is 12.5 Å². The Hall–Kier alpha value is -2.04. The van der Waals surface area contributed by atoms with Gasteiger partial charge in [-0.25, -0.2) is 0 Å². The maximum Gasteiger partial charge on any atom is 0.227 e. The first kappa shape index (κ1) is 18.3. The first-order valence-corrected chi connectivity index (χ1v) is 10.1. The third-order valence-corrected chi connectivity index (χ3v) is 5.93. The molecule has 4 rings (SSSR count). The van der Waals surface area contributed by atoms with Crippen molar-refractivity contribution in [1.82, 2.24) is 5.32 Å².